The first kappa shape index (κ1) is 24.3. The molecule has 2 fully saturated rings. The van der Waals surface area contributed by atoms with Gasteiger partial charge in [-0.2, -0.15) is 4.98 Å². The largest absolute Gasteiger partial charge is 0.362 e. The molecule has 2 atom stereocenters. The van der Waals surface area contributed by atoms with Gasteiger partial charge in [0.25, 0.3) is 0 Å². The second-order valence-electron chi connectivity index (χ2n) is 9.33. The summed E-state index contributed by atoms with van der Waals surface area (Å²) in [5.74, 6) is 1.31. The Morgan fingerprint density at radius 3 is 2.55 bits per heavy atom. The number of nitrogens with one attached hydrogen (secondary N) is 2. The quantitative estimate of drug-likeness (QED) is 0.601. The van der Waals surface area contributed by atoms with E-state index in [1.807, 2.05) is 17.9 Å². The molecule has 2 saturated heterocycles. The van der Waals surface area contributed by atoms with Gasteiger partial charge in [0.2, 0.25) is 11.9 Å². The van der Waals surface area contributed by atoms with Crippen LogP contribution in [0, 0.1) is 0 Å². The molecule has 7 nitrogen and oxygen atoms in total. The number of aromatic nitrogens is 2. The van der Waals surface area contributed by atoms with Crippen LogP contribution in [0.25, 0.3) is 0 Å². The van der Waals surface area contributed by atoms with E-state index in [-0.39, 0.29) is 23.5 Å². The van der Waals surface area contributed by atoms with Gasteiger partial charge in [0.05, 0.1) is 18.3 Å². The molecule has 0 saturated carbocycles. The lowest BCUT2D eigenvalue weighted by atomic mass is 10.0. The Morgan fingerprint density at radius 1 is 1.18 bits per heavy atom. The lowest BCUT2D eigenvalue weighted by molar-refractivity contribution is -0.133. The smallest absolute Gasteiger partial charge is 0.239 e. The van der Waals surface area contributed by atoms with Crippen molar-refractivity contribution in [1.82, 2.24) is 20.2 Å². The minimum atomic E-state index is -0.132. The van der Waals surface area contributed by atoms with Gasteiger partial charge in [-0.05, 0) is 51.3 Å². The Bertz CT molecular complexity index is 1030. The molecule has 0 spiro atoms. The number of piperazine rings is 1. The van der Waals surface area contributed by atoms with E-state index in [4.69, 9.17) is 34.8 Å². The lowest BCUT2D eigenvalue weighted by Gasteiger charge is -2.36. The summed E-state index contributed by atoms with van der Waals surface area (Å²) in [6, 6.07) is 5.18. The van der Waals surface area contributed by atoms with Crippen LogP contribution in [0.2, 0.25) is 15.1 Å². The highest BCUT2D eigenvalue weighted by molar-refractivity contribution is 6.35. The van der Waals surface area contributed by atoms with E-state index in [9.17, 15) is 4.79 Å². The molecule has 0 unspecified atom stereocenters. The van der Waals surface area contributed by atoms with Crippen molar-refractivity contribution in [3.8, 4) is 0 Å². The summed E-state index contributed by atoms with van der Waals surface area (Å²) in [6.07, 6.45) is 3.50. The van der Waals surface area contributed by atoms with Crippen molar-refractivity contribution in [2.45, 2.75) is 51.2 Å². The summed E-state index contributed by atoms with van der Waals surface area (Å²) in [5, 5.41) is 8.38. The molecule has 1 aromatic heterocycles. The maximum atomic E-state index is 12.9. The van der Waals surface area contributed by atoms with Crippen molar-refractivity contribution in [3.63, 3.8) is 0 Å². The molecule has 10 heteroatoms. The van der Waals surface area contributed by atoms with Crippen LogP contribution in [0.3, 0.4) is 0 Å². The maximum Gasteiger partial charge on any atom is 0.239 e. The minimum absolute atomic E-state index is 0.0239. The van der Waals surface area contributed by atoms with E-state index in [0.29, 0.717) is 53.0 Å². The van der Waals surface area contributed by atoms with Crippen LogP contribution in [0.5, 0.6) is 0 Å². The van der Waals surface area contributed by atoms with Gasteiger partial charge in [-0.15, -0.1) is 0 Å². The fourth-order valence-corrected chi connectivity index (χ4v) is 5.12. The minimum Gasteiger partial charge on any atom is -0.362 e. The number of nitrogens with zero attached hydrogens (tertiary/aromatic N) is 4. The van der Waals surface area contributed by atoms with Crippen molar-refractivity contribution in [3.05, 3.63) is 45.0 Å². The summed E-state index contributed by atoms with van der Waals surface area (Å²) in [4.78, 5) is 26.0. The fourth-order valence-electron chi connectivity index (χ4n) is 4.40. The molecule has 1 amide bonds. The third kappa shape index (κ3) is 5.65. The molecular formula is C23H29Cl3N6O. The Kier molecular flexibility index (Phi) is 7.24. The van der Waals surface area contributed by atoms with E-state index in [2.05, 4.69) is 39.3 Å². The Balaban J connectivity index is 1.39. The average molecular weight is 512 g/mol. The van der Waals surface area contributed by atoms with E-state index >= 15 is 0 Å². The van der Waals surface area contributed by atoms with Crippen molar-refractivity contribution in [1.29, 1.82) is 0 Å². The van der Waals surface area contributed by atoms with Gasteiger partial charge in [-0.3, -0.25) is 4.79 Å². The SMILES string of the molecule is C[C@@H](Nc1nc(N2CCN(C(=O)[C@H]3CCC(C)(C)N3)CC2)ncc1Cl)c1ccc(Cl)cc1Cl. The number of benzene rings is 1. The summed E-state index contributed by atoms with van der Waals surface area (Å²) >= 11 is 18.7. The lowest BCUT2D eigenvalue weighted by Crippen LogP contribution is -2.54. The molecule has 178 valence electrons. The van der Waals surface area contributed by atoms with Crippen LogP contribution in [0.4, 0.5) is 11.8 Å². The number of anilines is 2. The standard InChI is InChI=1S/C23H29Cl3N6O/c1-14(16-5-4-15(24)12-17(16)25)28-20-18(26)13-27-22(29-20)32-10-8-31(9-11-32)21(33)19-6-7-23(2,3)30-19/h4-5,12-14,19,30H,6-11H2,1-3H3,(H,27,28,29)/t14-,19-/m1/s1. The van der Waals surface area contributed by atoms with Crippen LogP contribution in [-0.4, -0.2) is 58.5 Å². The van der Waals surface area contributed by atoms with Gasteiger partial charge in [-0.25, -0.2) is 4.98 Å². The number of halogens is 3. The van der Waals surface area contributed by atoms with Crippen LogP contribution >= 0.6 is 34.8 Å². The molecule has 0 radical (unpaired) electrons. The summed E-state index contributed by atoms with van der Waals surface area (Å²) in [5.41, 5.74) is 0.920. The molecule has 0 aliphatic carbocycles. The normalized spacial score (nSPS) is 21.2. The average Bonchev–Trinajstić information content (AvgIpc) is 3.14. The van der Waals surface area contributed by atoms with Crippen molar-refractivity contribution in [2.24, 2.45) is 0 Å². The van der Waals surface area contributed by atoms with Gasteiger partial charge >= 0.3 is 0 Å². The van der Waals surface area contributed by atoms with Crippen molar-refractivity contribution < 1.29 is 4.79 Å². The number of amides is 1. The molecular weight excluding hydrogens is 483 g/mol. The monoisotopic (exact) mass is 510 g/mol. The fraction of sp³-hybridized carbons (Fsp3) is 0.522. The maximum absolute atomic E-state index is 12.9. The van der Waals surface area contributed by atoms with Gasteiger partial charge in [0.15, 0.2) is 5.82 Å². The zero-order valence-electron chi connectivity index (χ0n) is 19.0. The number of rotatable bonds is 5. The molecule has 2 aliphatic heterocycles. The van der Waals surface area contributed by atoms with Crippen molar-refractivity contribution in [2.75, 3.05) is 36.4 Å². The number of hydrogen-bond donors (Lipinski definition) is 2. The zero-order valence-corrected chi connectivity index (χ0v) is 21.3. The molecule has 2 aromatic rings. The van der Waals surface area contributed by atoms with Crippen LogP contribution in [-0.2, 0) is 4.79 Å². The first-order valence-electron chi connectivity index (χ1n) is 11.2. The van der Waals surface area contributed by atoms with Crippen LogP contribution in [0.1, 0.15) is 45.2 Å². The van der Waals surface area contributed by atoms with Gasteiger partial charge in [0.1, 0.15) is 5.02 Å². The van der Waals surface area contributed by atoms with E-state index in [1.165, 1.54) is 0 Å². The second kappa shape index (κ2) is 9.82. The highest BCUT2D eigenvalue weighted by Crippen LogP contribution is 2.31. The number of carbonyl (C=O) groups excluding carboxylic acids is 1. The Hall–Kier alpha value is -1.80. The third-order valence-corrected chi connectivity index (χ3v) is 7.15. The van der Waals surface area contributed by atoms with E-state index in [0.717, 1.165) is 18.4 Å². The third-order valence-electron chi connectivity index (χ3n) is 6.31. The summed E-state index contributed by atoms with van der Waals surface area (Å²) in [6.45, 7) is 8.89. The summed E-state index contributed by atoms with van der Waals surface area (Å²) < 4.78 is 0. The topological polar surface area (TPSA) is 73.4 Å². The molecule has 33 heavy (non-hydrogen) atoms. The first-order chi connectivity index (χ1) is 15.6. The molecule has 1 aromatic carbocycles. The highest BCUT2D eigenvalue weighted by atomic mass is 35.5. The van der Waals surface area contributed by atoms with Crippen LogP contribution < -0.4 is 15.5 Å². The zero-order chi connectivity index (χ0) is 23.8. The Morgan fingerprint density at radius 2 is 1.91 bits per heavy atom. The van der Waals surface area contributed by atoms with Crippen LogP contribution in [0.15, 0.2) is 24.4 Å². The molecule has 0 bridgehead atoms. The van der Waals surface area contributed by atoms with E-state index in [1.54, 1.807) is 18.3 Å². The second-order valence-corrected chi connectivity index (χ2v) is 10.6. The predicted octanol–water partition coefficient (Wildman–Crippen LogP) is 4.79. The predicted molar refractivity (Wildman–Crippen MR) is 135 cm³/mol. The number of hydrogen-bond acceptors (Lipinski definition) is 6. The summed E-state index contributed by atoms with van der Waals surface area (Å²) in [7, 11) is 0. The molecule has 3 heterocycles. The van der Waals surface area contributed by atoms with E-state index < -0.39 is 0 Å². The Labute approximate surface area is 209 Å². The molecule has 2 aliphatic rings. The highest BCUT2D eigenvalue weighted by Gasteiger charge is 2.37. The molecule has 4 rings (SSSR count). The number of carbonyl (C=O) groups is 1. The first-order valence-corrected chi connectivity index (χ1v) is 12.3. The van der Waals surface area contributed by atoms with Gasteiger partial charge in [-0.1, -0.05) is 40.9 Å². The molecule has 2 N–H and O–H groups in total. The van der Waals surface area contributed by atoms with Gasteiger partial charge < -0.3 is 20.4 Å². The van der Waals surface area contributed by atoms with Gasteiger partial charge in [0, 0.05) is 41.8 Å². The van der Waals surface area contributed by atoms with Crippen molar-refractivity contribution >= 4 is 52.5 Å².